The molecule has 28 heavy (non-hydrogen) atoms. The Hall–Kier alpha value is -2.34. The highest BCUT2D eigenvalue weighted by Gasteiger charge is 2.26. The maximum atomic E-state index is 12.6. The van der Waals surface area contributed by atoms with Crippen LogP contribution < -0.4 is 4.72 Å². The van der Waals surface area contributed by atoms with Crippen molar-refractivity contribution in [3.63, 3.8) is 0 Å². The van der Waals surface area contributed by atoms with Gasteiger partial charge in [-0.2, -0.15) is 0 Å². The molecule has 5 nitrogen and oxygen atoms in total. The van der Waals surface area contributed by atoms with E-state index in [1.54, 1.807) is 30.3 Å². The van der Waals surface area contributed by atoms with E-state index < -0.39 is 10.0 Å². The molecule has 0 atom stereocenters. The van der Waals surface area contributed by atoms with Gasteiger partial charge in [0.25, 0.3) is 10.0 Å². The summed E-state index contributed by atoms with van der Waals surface area (Å²) in [6.45, 7) is 7.50. The molecule has 4 rings (SSSR count). The summed E-state index contributed by atoms with van der Waals surface area (Å²) in [7, 11) is -3.61. The van der Waals surface area contributed by atoms with E-state index in [0.717, 1.165) is 29.3 Å². The van der Waals surface area contributed by atoms with Crippen LogP contribution in [0.1, 0.15) is 45.9 Å². The van der Waals surface area contributed by atoms with Gasteiger partial charge in [-0.1, -0.05) is 45.4 Å². The van der Waals surface area contributed by atoms with Gasteiger partial charge in [0.15, 0.2) is 0 Å². The normalized spacial score (nSPS) is 15.5. The number of hydrogen-bond donors (Lipinski definition) is 1. The summed E-state index contributed by atoms with van der Waals surface area (Å²) >= 11 is 0. The van der Waals surface area contributed by atoms with Gasteiger partial charge in [0, 0.05) is 12.0 Å². The lowest BCUT2D eigenvalue weighted by atomic mass is 9.85. The Labute approximate surface area is 166 Å². The number of benzene rings is 2. The van der Waals surface area contributed by atoms with Crippen molar-refractivity contribution in [2.24, 2.45) is 5.92 Å². The molecule has 6 heteroatoms. The van der Waals surface area contributed by atoms with Gasteiger partial charge < -0.3 is 4.57 Å². The lowest BCUT2D eigenvalue weighted by Gasteiger charge is -2.29. The molecule has 0 spiro atoms. The van der Waals surface area contributed by atoms with Gasteiger partial charge in [-0.15, -0.1) is 0 Å². The Kier molecular flexibility index (Phi) is 4.70. The first-order valence-electron chi connectivity index (χ1n) is 9.83. The lowest BCUT2D eigenvalue weighted by Crippen LogP contribution is -2.24. The van der Waals surface area contributed by atoms with E-state index in [2.05, 4.69) is 30.1 Å². The average molecular weight is 398 g/mol. The van der Waals surface area contributed by atoms with Gasteiger partial charge in [0.2, 0.25) is 0 Å². The van der Waals surface area contributed by atoms with Gasteiger partial charge in [0.1, 0.15) is 5.82 Å². The largest absolute Gasteiger partial charge is 0.327 e. The molecule has 2 aromatic carbocycles. The second-order valence-electron chi connectivity index (χ2n) is 8.71. The van der Waals surface area contributed by atoms with Crippen LogP contribution in [0.4, 0.5) is 5.69 Å². The summed E-state index contributed by atoms with van der Waals surface area (Å²) < 4.78 is 30.3. The second-order valence-corrected chi connectivity index (χ2v) is 10.4. The third-order valence-electron chi connectivity index (χ3n) is 5.39. The minimum atomic E-state index is -3.61. The molecule has 0 bridgehead atoms. The molecule has 0 radical (unpaired) electrons. The van der Waals surface area contributed by atoms with Crippen molar-refractivity contribution in [1.82, 2.24) is 9.55 Å². The molecule has 1 aromatic heterocycles. The summed E-state index contributed by atoms with van der Waals surface area (Å²) in [6, 6.07) is 14.1. The molecular formula is C22H27N3O2S. The summed E-state index contributed by atoms with van der Waals surface area (Å²) in [5, 5.41) is 0. The van der Waals surface area contributed by atoms with Crippen molar-refractivity contribution in [1.29, 1.82) is 0 Å². The number of hydrogen-bond acceptors (Lipinski definition) is 3. The monoisotopic (exact) mass is 397 g/mol. The standard InChI is InChI=1S/C22H27N3O2S/c1-22(2,3)21-23-19-14-17(24-28(26,27)18-10-5-4-6-11-18)12-13-20(19)25(21)15-16-8-7-9-16/h4-6,10-14,16,24H,7-9,15H2,1-3H3. The van der Waals surface area contributed by atoms with Crippen LogP contribution >= 0.6 is 0 Å². The van der Waals surface area contributed by atoms with Gasteiger partial charge in [0.05, 0.1) is 21.6 Å². The summed E-state index contributed by atoms with van der Waals surface area (Å²) in [4.78, 5) is 5.14. The third kappa shape index (κ3) is 3.65. The Balaban J connectivity index is 1.71. The molecule has 1 N–H and O–H groups in total. The maximum Gasteiger partial charge on any atom is 0.261 e. The van der Waals surface area contributed by atoms with Gasteiger partial charge in [-0.05, 0) is 49.1 Å². The molecule has 1 heterocycles. The predicted molar refractivity (Wildman–Crippen MR) is 113 cm³/mol. The SMILES string of the molecule is CC(C)(C)c1nc2cc(NS(=O)(=O)c3ccccc3)ccc2n1CC1CCC1. The highest BCUT2D eigenvalue weighted by Crippen LogP contribution is 2.33. The Bertz CT molecular complexity index is 1090. The van der Waals surface area contributed by atoms with E-state index >= 15 is 0 Å². The molecular weight excluding hydrogens is 370 g/mol. The summed E-state index contributed by atoms with van der Waals surface area (Å²) in [5.41, 5.74) is 2.36. The first kappa shape index (κ1) is 19.0. The topological polar surface area (TPSA) is 64.0 Å². The smallest absolute Gasteiger partial charge is 0.261 e. The Morgan fingerprint density at radius 2 is 1.82 bits per heavy atom. The Morgan fingerprint density at radius 3 is 2.43 bits per heavy atom. The number of anilines is 1. The third-order valence-corrected chi connectivity index (χ3v) is 6.79. The molecule has 0 amide bonds. The molecule has 3 aromatic rings. The van der Waals surface area contributed by atoms with Crippen LogP contribution in [0.2, 0.25) is 0 Å². The lowest BCUT2D eigenvalue weighted by molar-refractivity contribution is 0.272. The fourth-order valence-corrected chi connectivity index (χ4v) is 4.77. The molecule has 0 unspecified atom stereocenters. The van der Waals surface area contributed by atoms with Crippen molar-refractivity contribution >= 4 is 26.7 Å². The van der Waals surface area contributed by atoms with Crippen molar-refractivity contribution in [2.75, 3.05) is 4.72 Å². The highest BCUT2D eigenvalue weighted by atomic mass is 32.2. The van der Waals surface area contributed by atoms with Gasteiger partial charge in [-0.25, -0.2) is 13.4 Å². The van der Waals surface area contributed by atoms with E-state index in [9.17, 15) is 8.42 Å². The number of imidazole rings is 1. The van der Waals surface area contributed by atoms with Crippen LogP contribution in [-0.4, -0.2) is 18.0 Å². The van der Waals surface area contributed by atoms with E-state index in [1.807, 2.05) is 18.2 Å². The van der Waals surface area contributed by atoms with E-state index in [1.165, 1.54) is 19.3 Å². The number of rotatable bonds is 5. The zero-order valence-electron chi connectivity index (χ0n) is 16.6. The fraction of sp³-hybridized carbons (Fsp3) is 0.409. The summed E-state index contributed by atoms with van der Waals surface area (Å²) in [5.74, 6) is 1.77. The van der Waals surface area contributed by atoms with Crippen molar-refractivity contribution in [3.8, 4) is 0 Å². The average Bonchev–Trinajstić information content (AvgIpc) is 2.96. The molecule has 0 aliphatic heterocycles. The molecule has 0 saturated heterocycles. The van der Waals surface area contributed by atoms with Crippen LogP contribution in [0.25, 0.3) is 11.0 Å². The maximum absolute atomic E-state index is 12.6. The first-order valence-corrected chi connectivity index (χ1v) is 11.3. The molecule has 1 fully saturated rings. The molecule has 1 aliphatic rings. The van der Waals surface area contributed by atoms with Crippen LogP contribution in [0.3, 0.4) is 0 Å². The van der Waals surface area contributed by atoms with Crippen LogP contribution in [0.15, 0.2) is 53.4 Å². The minimum absolute atomic E-state index is 0.0769. The quantitative estimate of drug-likeness (QED) is 0.663. The van der Waals surface area contributed by atoms with E-state index in [0.29, 0.717) is 5.69 Å². The van der Waals surface area contributed by atoms with Gasteiger partial charge >= 0.3 is 0 Å². The number of nitrogens with zero attached hydrogens (tertiary/aromatic N) is 2. The number of nitrogens with one attached hydrogen (secondary N) is 1. The van der Waals surface area contributed by atoms with E-state index in [-0.39, 0.29) is 10.3 Å². The van der Waals surface area contributed by atoms with Crippen molar-refractivity contribution in [3.05, 3.63) is 54.4 Å². The fourth-order valence-electron chi connectivity index (χ4n) is 3.70. The molecule has 148 valence electrons. The zero-order chi connectivity index (χ0) is 19.9. The zero-order valence-corrected chi connectivity index (χ0v) is 17.5. The number of aromatic nitrogens is 2. The van der Waals surface area contributed by atoms with Crippen molar-refractivity contribution in [2.45, 2.75) is 56.9 Å². The number of fused-ring (bicyclic) bond motifs is 1. The molecule has 1 saturated carbocycles. The second kappa shape index (κ2) is 6.92. The minimum Gasteiger partial charge on any atom is -0.327 e. The highest BCUT2D eigenvalue weighted by molar-refractivity contribution is 7.92. The first-order chi connectivity index (χ1) is 13.2. The van der Waals surface area contributed by atoms with Gasteiger partial charge in [-0.3, -0.25) is 4.72 Å². The van der Waals surface area contributed by atoms with E-state index in [4.69, 9.17) is 4.98 Å². The Morgan fingerprint density at radius 1 is 1.11 bits per heavy atom. The van der Waals surface area contributed by atoms with Crippen LogP contribution in [0, 0.1) is 5.92 Å². The van der Waals surface area contributed by atoms with Crippen molar-refractivity contribution < 1.29 is 8.42 Å². The predicted octanol–water partition coefficient (Wildman–Crippen LogP) is 4.93. The van der Waals surface area contributed by atoms with Crippen LogP contribution in [0.5, 0.6) is 0 Å². The number of sulfonamides is 1. The molecule has 1 aliphatic carbocycles. The summed E-state index contributed by atoms with van der Waals surface area (Å²) in [6.07, 6.45) is 3.87. The van der Waals surface area contributed by atoms with Crippen LogP contribution in [-0.2, 0) is 22.0 Å².